The number of rotatable bonds is 6. The van der Waals surface area contributed by atoms with Crippen LogP contribution in [-0.4, -0.2) is 27.5 Å². The van der Waals surface area contributed by atoms with Crippen LogP contribution in [0.2, 0.25) is 0 Å². The molecule has 5 nitrogen and oxygen atoms in total. The molecule has 5 heteroatoms. The number of aromatic hydroxyl groups is 1. The lowest BCUT2D eigenvalue weighted by Gasteiger charge is -2.18. The lowest BCUT2D eigenvalue weighted by Crippen LogP contribution is -2.19. The smallest absolute Gasteiger partial charge is 0.339 e. The summed E-state index contributed by atoms with van der Waals surface area (Å²) in [5.41, 5.74) is 0.198. The van der Waals surface area contributed by atoms with E-state index in [9.17, 15) is 20.1 Å². The predicted molar refractivity (Wildman–Crippen MR) is 84.8 cm³/mol. The zero-order chi connectivity index (χ0) is 16.9. The molecule has 0 radical (unpaired) electrons. The molecule has 0 aliphatic rings. The fourth-order valence-corrected chi connectivity index (χ4v) is 2.02. The Morgan fingerprint density at radius 2 is 1.86 bits per heavy atom. The van der Waals surface area contributed by atoms with E-state index in [0.717, 1.165) is 11.6 Å². The van der Waals surface area contributed by atoms with Crippen LogP contribution < -0.4 is 5.63 Å². The lowest BCUT2D eigenvalue weighted by atomic mass is 9.95. The number of hydrogen-bond donors (Lipinski definition) is 3. The fraction of sp³-hybridized carbons (Fsp3) is 0.471. The summed E-state index contributed by atoms with van der Waals surface area (Å²) in [7, 11) is 0. The monoisotopic (exact) mass is 308 g/mol. The lowest BCUT2D eigenvalue weighted by molar-refractivity contribution is 0.166. The maximum atomic E-state index is 11.2. The molecular formula is C17H24O5. The Hall–Kier alpha value is -1.85. The van der Waals surface area contributed by atoms with Crippen LogP contribution in [0.3, 0.4) is 0 Å². The van der Waals surface area contributed by atoms with Crippen molar-refractivity contribution < 1.29 is 19.7 Å². The van der Waals surface area contributed by atoms with Crippen molar-refractivity contribution >= 4 is 0 Å². The maximum absolute atomic E-state index is 11.2. The minimum Gasteiger partial charge on any atom is -0.508 e. The van der Waals surface area contributed by atoms with Crippen LogP contribution in [0.15, 0.2) is 45.1 Å². The molecule has 0 aliphatic heterocycles. The number of hydrogen-bond acceptors (Lipinski definition) is 5. The third-order valence-electron chi connectivity index (χ3n) is 3.77. The molecule has 0 fully saturated rings. The summed E-state index contributed by atoms with van der Waals surface area (Å²) in [6.07, 6.45) is 3.62. The summed E-state index contributed by atoms with van der Waals surface area (Å²) in [5, 5.41) is 29.6. The molecule has 0 aliphatic carbocycles. The van der Waals surface area contributed by atoms with Gasteiger partial charge in [0.05, 0.1) is 18.3 Å². The van der Waals surface area contributed by atoms with Crippen LogP contribution in [0.25, 0.3) is 0 Å². The van der Waals surface area contributed by atoms with Gasteiger partial charge in [-0.3, -0.25) is 0 Å². The normalized spacial score (nSPS) is 18.2. The van der Waals surface area contributed by atoms with Crippen molar-refractivity contribution in [1.82, 2.24) is 0 Å². The molecule has 0 aromatic carbocycles. The third-order valence-corrected chi connectivity index (χ3v) is 3.77. The predicted octanol–water partition coefficient (Wildman–Crippen LogP) is 2.33. The summed E-state index contributed by atoms with van der Waals surface area (Å²) in [4.78, 5) is 11.2. The van der Waals surface area contributed by atoms with Crippen molar-refractivity contribution in [3.63, 3.8) is 0 Å². The van der Waals surface area contributed by atoms with E-state index in [1.165, 1.54) is 6.07 Å². The van der Waals surface area contributed by atoms with E-state index in [1.807, 2.05) is 26.8 Å². The van der Waals surface area contributed by atoms with Crippen molar-refractivity contribution in [3.05, 3.63) is 52.1 Å². The molecule has 0 spiro atoms. The molecule has 0 bridgehead atoms. The van der Waals surface area contributed by atoms with Gasteiger partial charge in [0.15, 0.2) is 0 Å². The molecule has 0 amide bonds. The number of allylic oxidation sites excluding steroid dienone is 1. The highest BCUT2D eigenvalue weighted by molar-refractivity contribution is 5.22. The van der Waals surface area contributed by atoms with Crippen LogP contribution in [0.1, 0.15) is 39.4 Å². The molecule has 0 saturated carbocycles. The summed E-state index contributed by atoms with van der Waals surface area (Å²) >= 11 is 0. The molecule has 1 aromatic heterocycles. The maximum Gasteiger partial charge on any atom is 0.339 e. The second kappa shape index (κ2) is 7.96. The van der Waals surface area contributed by atoms with Crippen LogP contribution in [0.4, 0.5) is 0 Å². The van der Waals surface area contributed by atoms with Gasteiger partial charge in [0, 0.05) is 17.9 Å². The van der Waals surface area contributed by atoms with E-state index < -0.39 is 23.8 Å². The van der Waals surface area contributed by atoms with Gasteiger partial charge in [-0.2, -0.15) is 0 Å². The standard InChI is InChI=1S/C17H24O5/c1-5-10(2)17(21)11(3)6-7-14(19)12(4)15-8-13(18)9-16(20)22-15/h5-9,11-12,14,17-19,21H,1-4H3/b7-6+,10-5+/t11-,12+,14-,17-/m0/s1. The Labute approximate surface area is 130 Å². The van der Waals surface area contributed by atoms with E-state index >= 15 is 0 Å². The van der Waals surface area contributed by atoms with Crippen molar-refractivity contribution in [2.24, 2.45) is 5.92 Å². The van der Waals surface area contributed by atoms with Crippen LogP contribution in [0.5, 0.6) is 5.75 Å². The average molecular weight is 308 g/mol. The first-order chi connectivity index (χ1) is 10.3. The first kappa shape index (κ1) is 18.2. The molecule has 22 heavy (non-hydrogen) atoms. The highest BCUT2D eigenvalue weighted by Crippen LogP contribution is 2.23. The van der Waals surface area contributed by atoms with E-state index in [1.54, 1.807) is 19.1 Å². The van der Waals surface area contributed by atoms with Gasteiger partial charge in [-0.15, -0.1) is 0 Å². The molecule has 122 valence electrons. The van der Waals surface area contributed by atoms with Gasteiger partial charge < -0.3 is 19.7 Å². The van der Waals surface area contributed by atoms with Crippen LogP contribution in [-0.2, 0) is 0 Å². The van der Waals surface area contributed by atoms with E-state index in [2.05, 4.69) is 0 Å². The van der Waals surface area contributed by atoms with Gasteiger partial charge >= 0.3 is 5.63 Å². The Bertz CT molecular complexity index is 599. The Morgan fingerprint density at radius 1 is 1.23 bits per heavy atom. The highest BCUT2D eigenvalue weighted by atomic mass is 16.4. The average Bonchev–Trinajstić information content (AvgIpc) is 2.48. The van der Waals surface area contributed by atoms with E-state index in [0.29, 0.717) is 0 Å². The molecule has 0 unspecified atom stereocenters. The van der Waals surface area contributed by atoms with Gasteiger partial charge in [0.1, 0.15) is 11.5 Å². The summed E-state index contributed by atoms with van der Waals surface area (Å²) in [6.45, 7) is 7.23. The Balaban J connectivity index is 2.81. The number of aliphatic hydroxyl groups excluding tert-OH is 2. The third kappa shape index (κ3) is 4.86. The summed E-state index contributed by atoms with van der Waals surface area (Å²) in [6, 6.07) is 2.28. The fourth-order valence-electron chi connectivity index (χ4n) is 2.02. The summed E-state index contributed by atoms with van der Waals surface area (Å²) < 4.78 is 4.98. The second-order valence-corrected chi connectivity index (χ2v) is 5.54. The largest absolute Gasteiger partial charge is 0.508 e. The highest BCUT2D eigenvalue weighted by Gasteiger charge is 2.19. The van der Waals surface area contributed by atoms with E-state index in [-0.39, 0.29) is 17.4 Å². The van der Waals surface area contributed by atoms with Crippen molar-refractivity contribution in [2.45, 2.75) is 45.8 Å². The first-order valence-corrected chi connectivity index (χ1v) is 7.27. The Kier molecular flexibility index (Phi) is 6.59. The van der Waals surface area contributed by atoms with Crippen molar-refractivity contribution in [3.8, 4) is 5.75 Å². The molecule has 1 heterocycles. The van der Waals surface area contributed by atoms with Gasteiger partial charge in [-0.1, -0.05) is 32.1 Å². The Morgan fingerprint density at radius 3 is 2.41 bits per heavy atom. The molecular weight excluding hydrogens is 284 g/mol. The van der Waals surface area contributed by atoms with E-state index in [4.69, 9.17) is 4.42 Å². The zero-order valence-corrected chi connectivity index (χ0v) is 13.4. The quantitative estimate of drug-likeness (QED) is 0.702. The first-order valence-electron chi connectivity index (χ1n) is 7.27. The van der Waals surface area contributed by atoms with Crippen LogP contribution >= 0.6 is 0 Å². The second-order valence-electron chi connectivity index (χ2n) is 5.54. The van der Waals surface area contributed by atoms with Crippen molar-refractivity contribution in [2.75, 3.05) is 0 Å². The minimum atomic E-state index is -0.898. The SMILES string of the molecule is C/C=C(\C)[C@H](O)[C@@H](C)/C=C/[C@H](O)[C@@H](C)c1cc(O)cc(=O)o1. The van der Waals surface area contributed by atoms with Gasteiger partial charge in [0.2, 0.25) is 0 Å². The summed E-state index contributed by atoms with van der Waals surface area (Å²) in [5.74, 6) is -0.640. The van der Waals surface area contributed by atoms with Crippen LogP contribution in [0, 0.1) is 5.92 Å². The molecule has 1 aromatic rings. The van der Waals surface area contributed by atoms with Gasteiger partial charge in [0.25, 0.3) is 0 Å². The van der Waals surface area contributed by atoms with Gasteiger partial charge in [-0.05, 0) is 19.4 Å². The molecule has 3 N–H and O–H groups in total. The van der Waals surface area contributed by atoms with Crippen molar-refractivity contribution in [1.29, 1.82) is 0 Å². The molecule has 1 rings (SSSR count). The molecule has 4 atom stereocenters. The minimum absolute atomic E-state index is 0.158. The molecule has 0 saturated heterocycles. The zero-order valence-electron chi connectivity index (χ0n) is 13.4. The number of aliphatic hydroxyl groups is 2. The topological polar surface area (TPSA) is 90.9 Å². The van der Waals surface area contributed by atoms with Gasteiger partial charge in [-0.25, -0.2) is 4.79 Å².